The lowest BCUT2D eigenvalue weighted by atomic mass is 10.1. The lowest BCUT2D eigenvalue weighted by Crippen LogP contribution is -2.23. The maximum atomic E-state index is 12.7. The summed E-state index contributed by atoms with van der Waals surface area (Å²) in [7, 11) is 0. The molecule has 0 aliphatic carbocycles. The van der Waals surface area contributed by atoms with Crippen LogP contribution in [0.1, 0.15) is 10.4 Å². The molecule has 0 radical (unpaired) electrons. The number of carbonyl (C=O) groups is 3. The molecule has 0 aromatic heterocycles. The molecule has 0 unspecified atom stereocenters. The molecule has 1 rings (SSSR count). The number of aliphatic carboxylic acids is 1. The van der Waals surface area contributed by atoms with Gasteiger partial charge in [-0.25, -0.2) is 14.0 Å². The van der Waals surface area contributed by atoms with Crippen LogP contribution in [-0.4, -0.2) is 28.1 Å². The van der Waals surface area contributed by atoms with Gasteiger partial charge >= 0.3 is 17.8 Å². The fraction of sp³-hybridized carbons (Fsp3) is 0. The van der Waals surface area contributed by atoms with E-state index in [-0.39, 0.29) is 5.69 Å². The van der Waals surface area contributed by atoms with Crippen LogP contribution in [0.4, 0.5) is 10.1 Å². The maximum absolute atomic E-state index is 12.7. The summed E-state index contributed by atoms with van der Waals surface area (Å²) in [5, 5.41) is 18.8. The number of hydrogen-bond acceptors (Lipinski definition) is 3. The van der Waals surface area contributed by atoms with Crippen molar-refractivity contribution < 1.29 is 29.0 Å². The second kappa shape index (κ2) is 4.39. The lowest BCUT2D eigenvalue weighted by molar-refractivity contribution is -0.147. The molecule has 0 aliphatic rings. The molecule has 0 spiro atoms. The zero-order valence-electron chi connectivity index (χ0n) is 7.73. The maximum Gasteiger partial charge on any atom is 0.394 e. The van der Waals surface area contributed by atoms with Crippen molar-refractivity contribution in [2.24, 2.45) is 0 Å². The van der Waals surface area contributed by atoms with Crippen LogP contribution < -0.4 is 5.32 Å². The van der Waals surface area contributed by atoms with E-state index in [1.807, 2.05) is 5.32 Å². The van der Waals surface area contributed by atoms with Gasteiger partial charge in [0.1, 0.15) is 5.82 Å². The van der Waals surface area contributed by atoms with E-state index >= 15 is 0 Å². The largest absolute Gasteiger partial charge is 0.478 e. The molecule has 1 aromatic rings. The second-order valence-electron chi connectivity index (χ2n) is 2.75. The van der Waals surface area contributed by atoms with Gasteiger partial charge in [0.05, 0.1) is 11.3 Å². The Bertz CT molecular complexity index is 471. The topological polar surface area (TPSA) is 104 Å². The zero-order chi connectivity index (χ0) is 12.3. The first kappa shape index (κ1) is 11.6. The standard InChI is InChI=1S/C9H6FNO5/c10-4-1-2-6(5(3-4)8(13)14)11-7(12)9(15)16/h1-3H,(H,11,12)(H,13,14)(H,15,16). The van der Waals surface area contributed by atoms with Crippen molar-refractivity contribution in [3.8, 4) is 0 Å². The van der Waals surface area contributed by atoms with Crippen molar-refractivity contribution in [2.75, 3.05) is 5.32 Å². The Morgan fingerprint density at radius 3 is 2.31 bits per heavy atom. The molecule has 0 bridgehead atoms. The van der Waals surface area contributed by atoms with E-state index in [1.165, 1.54) is 0 Å². The first-order valence-corrected chi connectivity index (χ1v) is 3.99. The zero-order valence-corrected chi connectivity index (χ0v) is 7.73. The highest BCUT2D eigenvalue weighted by Crippen LogP contribution is 2.16. The highest BCUT2D eigenvalue weighted by Gasteiger charge is 2.17. The number of hydrogen-bond donors (Lipinski definition) is 3. The van der Waals surface area contributed by atoms with E-state index < -0.39 is 29.2 Å². The lowest BCUT2D eigenvalue weighted by Gasteiger charge is -2.05. The molecule has 1 amide bonds. The molecular weight excluding hydrogens is 221 g/mol. The molecular formula is C9H6FNO5. The van der Waals surface area contributed by atoms with Crippen LogP contribution in [0.3, 0.4) is 0 Å². The minimum Gasteiger partial charge on any atom is -0.478 e. The summed E-state index contributed by atoms with van der Waals surface area (Å²) in [6, 6.07) is 2.56. The van der Waals surface area contributed by atoms with E-state index in [1.54, 1.807) is 0 Å². The second-order valence-corrected chi connectivity index (χ2v) is 2.75. The van der Waals surface area contributed by atoms with Crippen LogP contribution in [0.25, 0.3) is 0 Å². The van der Waals surface area contributed by atoms with Gasteiger partial charge in [-0.1, -0.05) is 0 Å². The molecule has 0 aliphatic heterocycles. The van der Waals surface area contributed by atoms with Crippen LogP contribution in [0, 0.1) is 5.82 Å². The van der Waals surface area contributed by atoms with Crippen molar-refractivity contribution in [2.45, 2.75) is 0 Å². The predicted molar refractivity (Wildman–Crippen MR) is 49.6 cm³/mol. The Hall–Kier alpha value is -2.44. The van der Waals surface area contributed by atoms with E-state index in [2.05, 4.69) is 0 Å². The van der Waals surface area contributed by atoms with Crippen molar-refractivity contribution in [1.82, 2.24) is 0 Å². The van der Waals surface area contributed by atoms with Crippen LogP contribution in [0.15, 0.2) is 18.2 Å². The summed E-state index contributed by atoms with van der Waals surface area (Å²) < 4.78 is 12.7. The van der Waals surface area contributed by atoms with E-state index in [0.29, 0.717) is 6.07 Å². The number of anilines is 1. The summed E-state index contributed by atoms with van der Waals surface area (Å²) in [6.07, 6.45) is 0. The quantitative estimate of drug-likeness (QED) is 0.640. The van der Waals surface area contributed by atoms with Gasteiger partial charge in [-0.15, -0.1) is 0 Å². The van der Waals surface area contributed by atoms with Gasteiger partial charge in [-0.2, -0.15) is 0 Å². The molecule has 1 aromatic carbocycles. The Labute approximate surface area is 88.3 Å². The van der Waals surface area contributed by atoms with E-state index in [9.17, 15) is 18.8 Å². The number of halogens is 1. The van der Waals surface area contributed by atoms with Gasteiger partial charge in [-0.05, 0) is 18.2 Å². The van der Waals surface area contributed by atoms with Crippen molar-refractivity contribution in [3.63, 3.8) is 0 Å². The minimum absolute atomic E-state index is 0.277. The van der Waals surface area contributed by atoms with E-state index in [4.69, 9.17) is 10.2 Å². The van der Waals surface area contributed by atoms with Crippen LogP contribution in [-0.2, 0) is 9.59 Å². The number of carboxylic acid groups (broad SMARTS) is 2. The summed E-state index contributed by atoms with van der Waals surface area (Å²) in [5.41, 5.74) is -0.795. The van der Waals surface area contributed by atoms with Gasteiger partial charge in [-0.3, -0.25) is 4.79 Å². The number of amides is 1. The van der Waals surface area contributed by atoms with E-state index in [0.717, 1.165) is 12.1 Å². The summed E-state index contributed by atoms with van der Waals surface area (Å²) in [4.78, 5) is 31.7. The molecule has 0 saturated heterocycles. The molecule has 16 heavy (non-hydrogen) atoms. The third kappa shape index (κ3) is 2.53. The fourth-order valence-corrected chi connectivity index (χ4v) is 0.978. The Morgan fingerprint density at radius 2 is 1.81 bits per heavy atom. The monoisotopic (exact) mass is 227 g/mol. The number of carbonyl (C=O) groups excluding carboxylic acids is 1. The summed E-state index contributed by atoms with van der Waals surface area (Å²) >= 11 is 0. The number of nitrogens with one attached hydrogen (secondary N) is 1. The highest BCUT2D eigenvalue weighted by atomic mass is 19.1. The van der Waals surface area contributed by atoms with Crippen LogP contribution in [0.5, 0.6) is 0 Å². The van der Waals surface area contributed by atoms with Gasteiger partial charge < -0.3 is 15.5 Å². The Kier molecular flexibility index (Phi) is 3.19. The predicted octanol–water partition coefficient (Wildman–Crippen LogP) is 0.547. The van der Waals surface area contributed by atoms with Crippen molar-refractivity contribution in [1.29, 1.82) is 0 Å². The molecule has 0 heterocycles. The van der Waals surface area contributed by atoms with Gasteiger partial charge in [0, 0.05) is 0 Å². The normalized spacial score (nSPS) is 9.56. The van der Waals surface area contributed by atoms with Crippen LogP contribution >= 0.6 is 0 Å². The SMILES string of the molecule is O=C(O)C(=O)Nc1ccc(F)cc1C(=O)O. The first-order valence-electron chi connectivity index (χ1n) is 3.99. The van der Waals surface area contributed by atoms with Crippen molar-refractivity contribution >= 4 is 23.5 Å². The van der Waals surface area contributed by atoms with Crippen molar-refractivity contribution in [3.05, 3.63) is 29.6 Å². The van der Waals surface area contributed by atoms with Gasteiger partial charge in [0.2, 0.25) is 0 Å². The Morgan fingerprint density at radius 1 is 1.19 bits per heavy atom. The molecule has 0 atom stereocenters. The number of benzene rings is 1. The molecule has 0 fully saturated rings. The average Bonchev–Trinajstić information content (AvgIpc) is 2.20. The Balaban J connectivity index is 3.09. The van der Waals surface area contributed by atoms with Gasteiger partial charge in [0.15, 0.2) is 0 Å². The van der Waals surface area contributed by atoms with Crippen LogP contribution in [0.2, 0.25) is 0 Å². The number of aromatic carboxylic acids is 1. The summed E-state index contributed by atoms with van der Waals surface area (Å²) in [5.74, 6) is -5.43. The molecule has 0 saturated carbocycles. The first-order chi connectivity index (χ1) is 7.41. The molecule has 7 heteroatoms. The number of rotatable bonds is 2. The third-order valence-corrected chi connectivity index (χ3v) is 1.65. The minimum atomic E-state index is -1.76. The average molecular weight is 227 g/mol. The smallest absolute Gasteiger partial charge is 0.394 e. The molecule has 6 nitrogen and oxygen atoms in total. The summed E-state index contributed by atoms with van der Waals surface area (Å²) in [6.45, 7) is 0. The van der Waals surface area contributed by atoms with Gasteiger partial charge in [0.25, 0.3) is 0 Å². The molecule has 3 N–H and O–H groups in total. The number of carboxylic acids is 2. The molecule has 84 valence electrons. The highest BCUT2D eigenvalue weighted by molar-refractivity contribution is 6.36. The fourth-order valence-electron chi connectivity index (χ4n) is 0.978. The third-order valence-electron chi connectivity index (χ3n) is 1.65.